The van der Waals surface area contributed by atoms with E-state index in [0.29, 0.717) is 5.75 Å². The number of hydrogen-bond donors (Lipinski definition) is 4. The fourth-order valence-electron chi connectivity index (χ4n) is 1.81. The van der Waals surface area contributed by atoms with Gasteiger partial charge in [-0.3, -0.25) is 0 Å². The van der Waals surface area contributed by atoms with E-state index in [2.05, 4.69) is 15.9 Å². The van der Waals surface area contributed by atoms with Crippen molar-refractivity contribution in [2.24, 2.45) is 0 Å². The van der Waals surface area contributed by atoms with Crippen LogP contribution in [-0.2, 0) is 4.74 Å². The van der Waals surface area contributed by atoms with Gasteiger partial charge < -0.3 is 29.9 Å². The van der Waals surface area contributed by atoms with Crippen LogP contribution in [0.25, 0.3) is 0 Å². The lowest BCUT2D eigenvalue weighted by molar-refractivity contribution is -0.277. The molecule has 0 spiro atoms. The lowest BCUT2D eigenvalue weighted by Crippen LogP contribution is -2.60. The molecular formula is C12H15BrO6. The number of aliphatic hydroxyl groups is 4. The third-order valence-electron chi connectivity index (χ3n) is 2.91. The van der Waals surface area contributed by atoms with Crippen molar-refractivity contribution >= 4 is 15.9 Å². The van der Waals surface area contributed by atoms with E-state index in [1.54, 1.807) is 24.3 Å². The Kier molecular flexibility index (Phi) is 4.77. The van der Waals surface area contributed by atoms with Gasteiger partial charge in [-0.1, -0.05) is 15.9 Å². The van der Waals surface area contributed by atoms with Crippen LogP contribution in [0.1, 0.15) is 0 Å². The molecule has 0 radical (unpaired) electrons. The molecule has 7 heteroatoms. The van der Waals surface area contributed by atoms with Crippen LogP contribution in [0.5, 0.6) is 5.75 Å². The zero-order valence-electron chi connectivity index (χ0n) is 9.89. The van der Waals surface area contributed by atoms with Gasteiger partial charge in [0.25, 0.3) is 0 Å². The summed E-state index contributed by atoms with van der Waals surface area (Å²) in [7, 11) is 0. The molecule has 6 nitrogen and oxygen atoms in total. The van der Waals surface area contributed by atoms with Crippen molar-refractivity contribution in [3.05, 3.63) is 28.7 Å². The van der Waals surface area contributed by atoms with Crippen molar-refractivity contribution in [1.82, 2.24) is 0 Å². The molecule has 1 aliphatic rings. The molecule has 1 aromatic rings. The van der Waals surface area contributed by atoms with Gasteiger partial charge in [0, 0.05) is 4.47 Å². The van der Waals surface area contributed by atoms with Crippen LogP contribution in [0.3, 0.4) is 0 Å². The summed E-state index contributed by atoms with van der Waals surface area (Å²) >= 11 is 3.28. The predicted molar refractivity (Wildman–Crippen MR) is 68.5 cm³/mol. The Bertz CT molecular complexity index is 409. The molecule has 106 valence electrons. The number of rotatable bonds is 3. The third kappa shape index (κ3) is 3.25. The van der Waals surface area contributed by atoms with Crippen LogP contribution in [0.2, 0.25) is 0 Å². The first-order valence-corrected chi connectivity index (χ1v) is 6.55. The van der Waals surface area contributed by atoms with Crippen molar-refractivity contribution in [2.45, 2.75) is 30.7 Å². The zero-order chi connectivity index (χ0) is 14.0. The van der Waals surface area contributed by atoms with E-state index < -0.39 is 37.3 Å². The maximum Gasteiger partial charge on any atom is 0.229 e. The number of benzene rings is 1. The van der Waals surface area contributed by atoms with Crippen molar-refractivity contribution in [1.29, 1.82) is 0 Å². The first-order chi connectivity index (χ1) is 9.02. The van der Waals surface area contributed by atoms with E-state index in [1.807, 2.05) is 0 Å². The highest BCUT2D eigenvalue weighted by molar-refractivity contribution is 9.10. The molecule has 2 rings (SSSR count). The minimum Gasteiger partial charge on any atom is -0.462 e. The Morgan fingerprint density at radius 2 is 1.68 bits per heavy atom. The summed E-state index contributed by atoms with van der Waals surface area (Å²) in [5.41, 5.74) is 0. The quantitative estimate of drug-likeness (QED) is 0.602. The molecule has 1 aliphatic heterocycles. The summed E-state index contributed by atoms with van der Waals surface area (Å²) < 4.78 is 11.5. The molecule has 19 heavy (non-hydrogen) atoms. The van der Waals surface area contributed by atoms with E-state index in [9.17, 15) is 15.3 Å². The molecule has 1 fully saturated rings. The molecule has 0 aliphatic carbocycles. The van der Waals surface area contributed by atoms with Gasteiger partial charge in [-0.2, -0.15) is 0 Å². The summed E-state index contributed by atoms with van der Waals surface area (Å²) in [6, 6.07) is 6.82. The van der Waals surface area contributed by atoms with Crippen molar-refractivity contribution in [3.8, 4) is 5.75 Å². The van der Waals surface area contributed by atoms with Gasteiger partial charge in [0.15, 0.2) is 0 Å². The average molecular weight is 335 g/mol. The van der Waals surface area contributed by atoms with Crippen LogP contribution in [0.4, 0.5) is 0 Å². The van der Waals surface area contributed by atoms with E-state index in [1.165, 1.54) is 0 Å². The van der Waals surface area contributed by atoms with Crippen LogP contribution in [0.15, 0.2) is 28.7 Å². The molecule has 5 atom stereocenters. The molecule has 0 amide bonds. The second-order valence-electron chi connectivity index (χ2n) is 4.27. The molecule has 0 aromatic heterocycles. The van der Waals surface area contributed by atoms with Gasteiger partial charge in [-0.25, -0.2) is 0 Å². The largest absolute Gasteiger partial charge is 0.462 e. The number of ether oxygens (including phenoxy) is 2. The third-order valence-corrected chi connectivity index (χ3v) is 3.44. The Balaban J connectivity index is 2.08. The van der Waals surface area contributed by atoms with E-state index in [4.69, 9.17) is 14.6 Å². The average Bonchev–Trinajstić information content (AvgIpc) is 2.42. The van der Waals surface area contributed by atoms with Crippen LogP contribution in [0, 0.1) is 0 Å². The van der Waals surface area contributed by atoms with Gasteiger partial charge in [-0.15, -0.1) is 0 Å². The number of halogens is 1. The number of hydrogen-bond acceptors (Lipinski definition) is 6. The second-order valence-corrected chi connectivity index (χ2v) is 5.18. The highest BCUT2D eigenvalue weighted by Crippen LogP contribution is 2.25. The Morgan fingerprint density at radius 1 is 1.05 bits per heavy atom. The highest BCUT2D eigenvalue weighted by atomic mass is 79.9. The van der Waals surface area contributed by atoms with Crippen molar-refractivity contribution in [3.63, 3.8) is 0 Å². The molecular weight excluding hydrogens is 320 g/mol. The van der Waals surface area contributed by atoms with Crippen LogP contribution < -0.4 is 4.74 Å². The van der Waals surface area contributed by atoms with E-state index in [-0.39, 0.29) is 0 Å². The SMILES string of the molecule is OC[C@H]1O[C@@H](Oc2ccc(Br)cc2)[C@H](O)[C@@H](O)[C@@H]1O. The smallest absolute Gasteiger partial charge is 0.229 e. The summed E-state index contributed by atoms with van der Waals surface area (Å²) in [4.78, 5) is 0. The van der Waals surface area contributed by atoms with Gasteiger partial charge >= 0.3 is 0 Å². The van der Waals surface area contributed by atoms with Crippen molar-refractivity contribution in [2.75, 3.05) is 6.61 Å². The minimum atomic E-state index is -1.44. The Hall–Kier alpha value is -0.700. The molecule has 1 aromatic carbocycles. The predicted octanol–water partition coefficient (Wildman–Crippen LogP) is -0.372. The van der Waals surface area contributed by atoms with Gasteiger partial charge in [0.1, 0.15) is 30.2 Å². The summed E-state index contributed by atoms with van der Waals surface area (Å²) in [5.74, 6) is 0.438. The van der Waals surface area contributed by atoms with Crippen LogP contribution >= 0.6 is 15.9 Å². The Morgan fingerprint density at radius 3 is 2.26 bits per heavy atom. The first-order valence-electron chi connectivity index (χ1n) is 5.75. The van der Waals surface area contributed by atoms with Gasteiger partial charge in [-0.05, 0) is 24.3 Å². The summed E-state index contributed by atoms with van der Waals surface area (Å²) in [6.07, 6.45) is -6.35. The maximum absolute atomic E-state index is 9.79. The molecule has 1 saturated heterocycles. The lowest BCUT2D eigenvalue weighted by Gasteiger charge is -2.39. The fraction of sp³-hybridized carbons (Fsp3) is 0.500. The van der Waals surface area contributed by atoms with E-state index in [0.717, 1.165) is 4.47 Å². The molecule has 1 heterocycles. The molecule has 4 N–H and O–H groups in total. The highest BCUT2D eigenvalue weighted by Gasteiger charge is 2.44. The van der Waals surface area contributed by atoms with E-state index >= 15 is 0 Å². The normalized spacial score (nSPS) is 35.1. The van der Waals surface area contributed by atoms with Gasteiger partial charge in [0.05, 0.1) is 6.61 Å². The monoisotopic (exact) mass is 334 g/mol. The Labute approximate surface area is 118 Å². The summed E-state index contributed by atoms with van der Waals surface area (Å²) in [6.45, 7) is -0.481. The fourth-order valence-corrected chi connectivity index (χ4v) is 2.08. The number of aliphatic hydroxyl groups excluding tert-OH is 4. The molecule has 0 unspecified atom stereocenters. The van der Waals surface area contributed by atoms with Crippen LogP contribution in [-0.4, -0.2) is 57.7 Å². The maximum atomic E-state index is 9.79. The molecule has 0 saturated carbocycles. The lowest BCUT2D eigenvalue weighted by atomic mass is 9.99. The first kappa shape index (κ1) is 14.7. The van der Waals surface area contributed by atoms with Crippen molar-refractivity contribution < 1.29 is 29.9 Å². The standard InChI is InChI=1S/C12H15BrO6/c13-6-1-3-7(4-2-6)18-12-11(17)10(16)9(15)8(5-14)19-12/h1-4,8-12,14-17H,5H2/t8-,9-,10+,11-,12-/m1/s1. The molecule has 0 bridgehead atoms. The zero-order valence-corrected chi connectivity index (χ0v) is 11.5. The summed E-state index contributed by atoms with van der Waals surface area (Å²) in [5, 5.41) is 38.1. The topological polar surface area (TPSA) is 99.4 Å². The minimum absolute atomic E-state index is 0.438. The second kappa shape index (κ2) is 6.17. The van der Waals surface area contributed by atoms with Gasteiger partial charge in [0.2, 0.25) is 6.29 Å².